The number of carbonyl (C=O) groups is 1. The van der Waals surface area contributed by atoms with Crippen LogP contribution < -0.4 is 5.32 Å². The molecule has 1 N–H and O–H groups in total. The Morgan fingerprint density at radius 1 is 1.05 bits per heavy atom. The van der Waals surface area contributed by atoms with E-state index in [4.69, 9.17) is 0 Å². The molecule has 2 aliphatic rings. The molecular formula is C18H23NOS. The second-order valence-corrected chi connectivity index (χ2v) is 7.39. The Balaban J connectivity index is 1.53. The Morgan fingerprint density at radius 3 is 2.48 bits per heavy atom. The highest BCUT2D eigenvalue weighted by Gasteiger charge is 2.19. The van der Waals surface area contributed by atoms with Gasteiger partial charge in [0, 0.05) is 21.8 Å². The Kier molecular flexibility index (Phi) is 5.02. The van der Waals surface area contributed by atoms with Crippen LogP contribution in [-0.2, 0) is 4.79 Å². The Labute approximate surface area is 131 Å². The van der Waals surface area contributed by atoms with E-state index in [0.717, 1.165) is 30.2 Å². The van der Waals surface area contributed by atoms with Crippen LogP contribution in [0.3, 0.4) is 0 Å². The molecular weight excluding hydrogens is 278 g/mol. The zero-order chi connectivity index (χ0) is 14.5. The zero-order valence-corrected chi connectivity index (χ0v) is 13.2. The van der Waals surface area contributed by atoms with Gasteiger partial charge >= 0.3 is 0 Å². The maximum absolute atomic E-state index is 12.2. The molecule has 0 saturated heterocycles. The molecule has 1 fully saturated rings. The summed E-state index contributed by atoms with van der Waals surface area (Å²) in [5.74, 6) is 0.304. The van der Waals surface area contributed by atoms with Gasteiger partial charge in [0.2, 0.25) is 5.91 Å². The third kappa shape index (κ3) is 4.13. The lowest BCUT2D eigenvalue weighted by molar-refractivity contribution is -0.120. The fraction of sp³-hybridized carbons (Fsp3) is 0.500. The number of anilines is 1. The summed E-state index contributed by atoms with van der Waals surface area (Å²) < 4.78 is 0. The van der Waals surface area contributed by atoms with E-state index in [2.05, 4.69) is 29.6 Å². The van der Waals surface area contributed by atoms with Crippen LogP contribution in [0.25, 0.3) is 0 Å². The quantitative estimate of drug-likeness (QED) is 0.791. The molecule has 3 heteroatoms. The Hall–Kier alpha value is -1.22. The molecule has 0 aliphatic heterocycles. The second kappa shape index (κ2) is 7.17. The molecule has 1 atom stereocenters. The lowest BCUT2D eigenvalue weighted by Gasteiger charge is -2.17. The summed E-state index contributed by atoms with van der Waals surface area (Å²) in [6, 6.07) is 8.35. The van der Waals surface area contributed by atoms with Crippen LogP contribution in [0, 0.1) is 5.92 Å². The molecule has 1 aromatic rings. The number of hydrogen-bond acceptors (Lipinski definition) is 2. The van der Waals surface area contributed by atoms with Crippen molar-refractivity contribution < 1.29 is 4.79 Å². The number of hydrogen-bond donors (Lipinski definition) is 1. The van der Waals surface area contributed by atoms with Crippen molar-refractivity contribution in [1.29, 1.82) is 0 Å². The Bertz CT molecular complexity index is 502. The van der Waals surface area contributed by atoms with E-state index in [-0.39, 0.29) is 11.8 Å². The maximum atomic E-state index is 12.2. The topological polar surface area (TPSA) is 29.1 Å². The maximum Gasteiger partial charge on any atom is 0.227 e. The van der Waals surface area contributed by atoms with Gasteiger partial charge in [-0.2, -0.15) is 0 Å². The monoisotopic (exact) mass is 301 g/mol. The second-order valence-electron chi connectivity index (χ2n) is 6.02. The summed E-state index contributed by atoms with van der Waals surface area (Å²) in [7, 11) is 0. The SMILES string of the molecule is O=C(Nc1ccc(SC2CCCC2)cc1)[C@@H]1CC=CCC1. The number of carbonyl (C=O) groups excluding carboxylic acids is 1. The fourth-order valence-corrected chi connectivity index (χ4v) is 4.34. The molecule has 2 aliphatic carbocycles. The summed E-state index contributed by atoms with van der Waals surface area (Å²) in [5.41, 5.74) is 0.922. The van der Waals surface area contributed by atoms with E-state index in [0.29, 0.717) is 0 Å². The third-order valence-electron chi connectivity index (χ3n) is 4.37. The molecule has 112 valence electrons. The van der Waals surface area contributed by atoms with E-state index in [9.17, 15) is 4.79 Å². The largest absolute Gasteiger partial charge is 0.326 e. The van der Waals surface area contributed by atoms with Crippen molar-refractivity contribution in [1.82, 2.24) is 0 Å². The molecule has 2 nitrogen and oxygen atoms in total. The van der Waals surface area contributed by atoms with Gasteiger partial charge in [0.15, 0.2) is 0 Å². The Morgan fingerprint density at radius 2 is 1.81 bits per heavy atom. The molecule has 0 radical (unpaired) electrons. The van der Waals surface area contributed by atoms with Gasteiger partial charge in [-0.05, 0) is 56.4 Å². The van der Waals surface area contributed by atoms with E-state index >= 15 is 0 Å². The number of rotatable bonds is 4. The van der Waals surface area contributed by atoms with Crippen molar-refractivity contribution in [3.8, 4) is 0 Å². The highest BCUT2D eigenvalue weighted by Crippen LogP contribution is 2.35. The normalized spacial score (nSPS) is 22.4. The minimum absolute atomic E-state index is 0.141. The fourth-order valence-electron chi connectivity index (χ4n) is 3.09. The van der Waals surface area contributed by atoms with Crippen molar-refractivity contribution in [2.24, 2.45) is 5.92 Å². The standard InChI is InChI=1S/C18H23NOS/c20-18(14-6-2-1-3-7-14)19-15-10-12-17(13-11-15)21-16-8-4-5-9-16/h1-2,10-14,16H,3-9H2,(H,19,20)/t14-/m1/s1. The first kappa shape index (κ1) is 14.7. The van der Waals surface area contributed by atoms with Crippen LogP contribution in [-0.4, -0.2) is 11.2 Å². The van der Waals surface area contributed by atoms with Crippen LogP contribution >= 0.6 is 11.8 Å². The summed E-state index contributed by atoms with van der Waals surface area (Å²) in [6.07, 6.45) is 12.6. The molecule has 1 amide bonds. The van der Waals surface area contributed by atoms with Gasteiger partial charge in [-0.15, -0.1) is 11.8 Å². The molecule has 0 unspecified atom stereocenters. The summed E-state index contributed by atoms with van der Waals surface area (Å²) in [6.45, 7) is 0. The van der Waals surface area contributed by atoms with Gasteiger partial charge in [-0.3, -0.25) is 4.79 Å². The van der Waals surface area contributed by atoms with E-state index in [1.807, 2.05) is 23.9 Å². The lowest BCUT2D eigenvalue weighted by Crippen LogP contribution is -2.23. The molecule has 0 heterocycles. The van der Waals surface area contributed by atoms with Gasteiger partial charge in [0.25, 0.3) is 0 Å². The first-order valence-electron chi connectivity index (χ1n) is 8.04. The van der Waals surface area contributed by atoms with Crippen LogP contribution in [0.4, 0.5) is 5.69 Å². The van der Waals surface area contributed by atoms with Crippen LogP contribution in [0.5, 0.6) is 0 Å². The minimum Gasteiger partial charge on any atom is -0.326 e. The van der Waals surface area contributed by atoms with Crippen LogP contribution in [0.2, 0.25) is 0 Å². The number of thioether (sulfide) groups is 1. The summed E-state index contributed by atoms with van der Waals surface area (Å²) in [4.78, 5) is 13.5. The minimum atomic E-state index is 0.141. The van der Waals surface area contributed by atoms with Crippen molar-refractivity contribution in [3.63, 3.8) is 0 Å². The highest BCUT2D eigenvalue weighted by atomic mass is 32.2. The van der Waals surface area contributed by atoms with Crippen LogP contribution in [0.15, 0.2) is 41.3 Å². The summed E-state index contributed by atoms with van der Waals surface area (Å²) in [5, 5.41) is 3.84. The third-order valence-corrected chi connectivity index (χ3v) is 5.72. The number of allylic oxidation sites excluding steroid dienone is 2. The van der Waals surface area contributed by atoms with Gasteiger partial charge in [0.05, 0.1) is 0 Å². The van der Waals surface area contributed by atoms with E-state index in [1.165, 1.54) is 30.6 Å². The van der Waals surface area contributed by atoms with Gasteiger partial charge in [-0.25, -0.2) is 0 Å². The predicted molar refractivity (Wildman–Crippen MR) is 89.7 cm³/mol. The highest BCUT2D eigenvalue weighted by molar-refractivity contribution is 8.00. The molecule has 0 bridgehead atoms. The van der Waals surface area contributed by atoms with E-state index < -0.39 is 0 Å². The lowest BCUT2D eigenvalue weighted by atomic mass is 9.93. The number of amides is 1. The smallest absolute Gasteiger partial charge is 0.227 e. The van der Waals surface area contributed by atoms with Crippen LogP contribution in [0.1, 0.15) is 44.9 Å². The molecule has 0 spiro atoms. The summed E-state index contributed by atoms with van der Waals surface area (Å²) >= 11 is 1.99. The average Bonchev–Trinajstić information content (AvgIpc) is 3.03. The first-order chi connectivity index (χ1) is 10.3. The van der Waals surface area contributed by atoms with Crippen molar-refractivity contribution >= 4 is 23.4 Å². The first-order valence-corrected chi connectivity index (χ1v) is 8.92. The average molecular weight is 301 g/mol. The number of benzene rings is 1. The molecule has 21 heavy (non-hydrogen) atoms. The molecule has 1 saturated carbocycles. The molecule has 3 rings (SSSR count). The predicted octanol–water partition coefficient (Wildman–Crippen LogP) is 5.02. The van der Waals surface area contributed by atoms with Gasteiger partial charge in [0.1, 0.15) is 0 Å². The van der Waals surface area contributed by atoms with Crippen molar-refractivity contribution in [2.75, 3.05) is 5.32 Å². The molecule has 1 aromatic carbocycles. The molecule has 0 aromatic heterocycles. The van der Waals surface area contributed by atoms with Gasteiger partial charge in [-0.1, -0.05) is 25.0 Å². The van der Waals surface area contributed by atoms with Gasteiger partial charge < -0.3 is 5.32 Å². The van der Waals surface area contributed by atoms with E-state index in [1.54, 1.807) is 0 Å². The zero-order valence-electron chi connectivity index (χ0n) is 12.4. The van der Waals surface area contributed by atoms with Crippen molar-refractivity contribution in [3.05, 3.63) is 36.4 Å². The number of nitrogens with one attached hydrogen (secondary N) is 1. The van der Waals surface area contributed by atoms with Crippen molar-refractivity contribution in [2.45, 2.75) is 55.1 Å².